The van der Waals surface area contributed by atoms with Gasteiger partial charge in [-0.05, 0) is 35.4 Å². The summed E-state index contributed by atoms with van der Waals surface area (Å²) in [5.74, 6) is -8.11. The van der Waals surface area contributed by atoms with Crippen LogP contribution in [-0.2, 0) is 20.2 Å². The third-order valence-electron chi connectivity index (χ3n) is 2.80. The molecule has 2 rings (SSSR count). The van der Waals surface area contributed by atoms with Gasteiger partial charge in [0.1, 0.15) is 0 Å². The van der Waals surface area contributed by atoms with Gasteiger partial charge in [0, 0.05) is 0 Å². The molecule has 142 valence electrons. The summed E-state index contributed by atoms with van der Waals surface area (Å²) >= 11 is 0. The topological polar surface area (TPSA) is 86.7 Å². The van der Waals surface area contributed by atoms with Gasteiger partial charge in [-0.3, -0.25) is 0 Å². The number of halogens is 4. The Labute approximate surface area is 146 Å². The largest absolute Gasteiger partial charge is 0.376 e. The van der Waals surface area contributed by atoms with Crippen LogP contribution < -0.4 is 8.37 Å². The number of benzene rings is 2. The van der Waals surface area contributed by atoms with Crippen molar-refractivity contribution >= 4 is 20.2 Å². The summed E-state index contributed by atoms with van der Waals surface area (Å²) in [7, 11) is -8.42. The molecule has 2 aromatic carbocycles. The summed E-state index contributed by atoms with van der Waals surface area (Å²) in [6.07, 6.45) is 1.15. The van der Waals surface area contributed by atoms with Crippen molar-refractivity contribution in [1.82, 2.24) is 0 Å². The third kappa shape index (κ3) is 4.85. The maximum Gasteiger partial charge on any atom is 0.306 e. The van der Waals surface area contributed by atoms with Crippen molar-refractivity contribution in [2.45, 2.75) is 0 Å². The molecule has 2 aromatic rings. The van der Waals surface area contributed by atoms with E-state index in [1.165, 1.54) is 0 Å². The number of rotatable bonds is 5. The highest BCUT2D eigenvalue weighted by Crippen LogP contribution is 2.33. The lowest BCUT2D eigenvalue weighted by Crippen LogP contribution is -2.09. The third-order valence-corrected chi connectivity index (χ3v) is 3.74. The highest BCUT2D eigenvalue weighted by Gasteiger charge is 2.21. The minimum Gasteiger partial charge on any atom is -0.376 e. The first kappa shape index (κ1) is 20.0. The summed E-state index contributed by atoms with van der Waals surface area (Å²) in [6.45, 7) is 0. The van der Waals surface area contributed by atoms with Crippen LogP contribution in [0.25, 0.3) is 11.1 Å². The van der Waals surface area contributed by atoms with Gasteiger partial charge in [-0.1, -0.05) is 0 Å². The van der Waals surface area contributed by atoms with Crippen molar-refractivity contribution in [3.63, 3.8) is 0 Å². The zero-order valence-corrected chi connectivity index (χ0v) is 14.7. The van der Waals surface area contributed by atoms with Crippen LogP contribution in [0, 0.1) is 23.3 Å². The molecular weight excluding hydrogens is 404 g/mol. The van der Waals surface area contributed by atoms with Gasteiger partial charge in [0.05, 0.1) is 12.5 Å². The quantitative estimate of drug-likeness (QED) is 0.552. The summed E-state index contributed by atoms with van der Waals surface area (Å²) < 4.78 is 108. The van der Waals surface area contributed by atoms with Gasteiger partial charge in [0.15, 0.2) is 23.3 Å². The molecular formula is C14H10F4O6S2. The summed E-state index contributed by atoms with van der Waals surface area (Å²) in [4.78, 5) is 0. The standard InChI is InChI=1S/C14H10F4O6S2/c1-25(19,20)23-13-9(15)3-7(4-10(13)16)8-5-11(17)14(12(18)6-8)24-26(2,21)22/h3-6H,1-2H3. The molecule has 0 amide bonds. The molecule has 0 atom stereocenters. The molecule has 0 unspecified atom stereocenters. The Morgan fingerprint density at radius 1 is 0.615 bits per heavy atom. The zero-order chi connectivity index (χ0) is 19.9. The van der Waals surface area contributed by atoms with Gasteiger partial charge in [0.25, 0.3) is 0 Å². The SMILES string of the molecule is CS(=O)(=O)Oc1c(F)cc(-c2cc(F)c(OS(C)(=O)=O)c(F)c2)cc1F. The molecule has 0 aliphatic carbocycles. The lowest BCUT2D eigenvalue weighted by molar-refractivity contribution is 0.437. The Morgan fingerprint density at radius 2 is 0.846 bits per heavy atom. The highest BCUT2D eigenvalue weighted by atomic mass is 32.2. The molecule has 12 heteroatoms. The summed E-state index contributed by atoms with van der Waals surface area (Å²) in [5.41, 5.74) is -0.714. The van der Waals surface area contributed by atoms with E-state index < -0.39 is 55.0 Å². The Bertz CT molecular complexity index is 947. The van der Waals surface area contributed by atoms with Crippen LogP contribution in [0.2, 0.25) is 0 Å². The molecule has 0 saturated heterocycles. The first-order chi connectivity index (χ1) is 11.8. The maximum atomic E-state index is 13.9. The van der Waals surface area contributed by atoms with Crippen molar-refractivity contribution in [2.75, 3.05) is 12.5 Å². The van der Waals surface area contributed by atoms with Crippen molar-refractivity contribution in [3.8, 4) is 22.6 Å². The lowest BCUT2D eigenvalue weighted by atomic mass is 10.0. The van der Waals surface area contributed by atoms with Gasteiger partial charge >= 0.3 is 20.2 Å². The van der Waals surface area contributed by atoms with E-state index in [9.17, 15) is 34.4 Å². The predicted molar refractivity (Wildman–Crippen MR) is 82.7 cm³/mol. The summed E-state index contributed by atoms with van der Waals surface area (Å²) in [6, 6.07) is 2.37. The second-order valence-electron chi connectivity index (χ2n) is 5.11. The zero-order valence-electron chi connectivity index (χ0n) is 13.1. The Kier molecular flexibility index (Phi) is 5.19. The minimum absolute atomic E-state index is 0.357. The molecule has 0 fully saturated rings. The Balaban J connectivity index is 2.53. The van der Waals surface area contributed by atoms with Gasteiger partial charge in [-0.15, -0.1) is 0 Å². The van der Waals surface area contributed by atoms with Crippen molar-refractivity contribution in [2.24, 2.45) is 0 Å². The van der Waals surface area contributed by atoms with E-state index in [2.05, 4.69) is 8.37 Å². The smallest absolute Gasteiger partial charge is 0.306 e. The average Bonchev–Trinajstić information content (AvgIpc) is 2.44. The van der Waals surface area contributed by atoms with Crippen LogP contribution >= 0.6 is 0 Å². The number of hydrogen-bond donors (Lipinski definition) is 0. The van der Waals surface area contributed by atoms with E-state index in [4.69, 9.17) is 0 Å². The van der Waals surface area contributed by atoms with Gasteiger partial charge < -0.3 is 8.37 Å². The monoisotopic (exact) mass is 414 g/mol. The van der Waals surface area contributed by atoms with Gasteiger partial charge in [-0.2, -0.15) is 16.8 Å². The Morgan fingerprint density at radius 3 is 1.04 bits per heavy atom. The van der Waals surface area contributed by atoms with Crippen LogP contribution in [0.1, 0.15) is 0 Å². The molecule has 6 nitrogen and oxygen atoms in total. The van der Waals surface area contributed by atoms with Crippen molar-refractivity contribution in [3.05, 3.63) is 47.5 Å². The fraction of sp³-hybridized carbons (Fsp3) is 0.143. The maximum absolute atomic E-state index is 13.9. The van der Waals surface area contributed by atoms with Crippen LogP contribution in [0.3, 0.4) is 0 Å². The fourth-order valence-electron chi connectivity index (χ4n) is 1.92. The van der Waals surface area contributed by atoms with Crippen LogP contribution in [0.4, 0.5) is 17.6 Å². The normalized spacial score (nSPS) is 12.1. The molecule has 0 aliphatic heterocycles. The second kappa shape index (κ2) is 6.76. The van der Waals surface area contributed by atoms with Crippen molar-refractivity contribution in [1.29, 1.82) is 0 Å². The van der Waals surface area contributed by atoms with Crippen molar-refractivity contribution < 1.29 is 42.8 Å². The van der Waals surface area contributed by atoms with E-state index in [1.807, 2.05) is 0 Å². The number of hydrogen-bond acceptors (Lipinski definition) is 6. The van der Waals surface area contributed by atoms with Crippen LogP contribution in [0.15, 0.2) is 24.3 Å². The molecule has 0 bridgehead atoms. The fourth-order valence-corrected chi connectivity index (χ4v) is 2.84. The molecule has 0 saturated carbocycles. The highest BCUT2D eigenvalue weighted by molar-refractivity contribution is 7.86. The van der Waals surface area contributed by atoms with E-state index in [-0.39, 0.29) is 11.1 Å². The molecule has 0 aromatic heterocycles. The molecule has 26 heavy (non-hydrogen) atoms. The molecule has 0 aliphatic rings. The van der Waals surface area contributed by atoms with Crippen LogP contribution in [0.5, 0.6) is 11.5 Å². The van der Waals surface area contributed by atoms with E-state index in [1.54, 1.807) is 0 Å². The molecule has 0 radical (unpaired) electrons. The van der Waals surface area contributed by atoms with E-state index in [0.717, 1.165) is 0 Å². The molecule has 0 heterocycles. The summed E-state index contributed by atoms with van der Waals surface area (Å²) in [5, 5.41) is 0. The van der Waals surface area contributed by atoms with Crippen LogP contribution in [-0.4, -0.2) is 29.3 Å². The first-order valence-electron chi connectivity index (χ1n) is 6.54. The average molecular weight is 414 g/mol. The lowest BCUT2D eigenvalue weighted by Gasteiger charge is -2.10. The predicted octanol–water partition coefficient (Wildman–Crippen LogP) is 2.59. The molecule has 0 spiro atoms. The second-order valence-corrected chi connectivity index (χ2v) is 8.26. The van der Waals surface area contributed by atoms with E-state index in [0.29, 0.717) is 36.8 Å². The van der Waals surface area contributed by atoms with Gasteiger partial charge in [-0.25, -0.2) is 17.6 Å². The Hall–Kier alpha value is -2.34. The van der Waals surface area contributed by atoms with E-state index >= 15 is 0 Å². The first-order valence-corrected chi connectivity index (χ1v) is 10.2. The molecule has 0 N–H and O–H groups in total. The minimum atomic E-state index is -4.21. The van der Waals surface area contributed by atoms with Gasteiger partial charge in [0.2, 0.25) is 11.5 Å².